The fourth-order valence-corrected chi connectivity index (χ4v) is 2.60. The van der Waals surface area contributed by atoms with Crippen molar-refractivity contribution in [1.29, 1.82) is 0 Å². The Morgan fingerprint density at radius 1 is 1.30 bits per heavy atom. The van der Waals surface area contributed by atoms with E-state index in [-0.39, 0.29) is 0 Å². The van der Waals surface area contributed by atoms with Crippen LogP contribution in [-0.4, -0.2) is 0 Å². The summed E-state index contributed by atoms with van der Waals surface area (Å²) in [5, 5.41) is 0. The van der Waals surface area contributed by atoms with Gasteiger partial charge < -0.3 is 0 Å². The summed E-state index contributed by atoms with van der Waals surface area (Å²) in [5.41, 5.74) is 2.15. The van der Waals surface area contributed by atoms with Crippen LogP contribution in [0.2, 0.25) is 0 Å². The molecule has 3 aliphatic carbocycles. The third kappa shape index (κ3) is 0.624. The fourth-order valence-electron chi connectivity index (χ4n) is 2.60. The third-order valence-corrected chi connectivity index (χ3v) is 3.74. The van der Waals surface area contributed by atoms with Crippen LogP contribution in [0.5, 0.6) is 0 Å². The molecular weight excluding hydrogens is 120 g/mol. The SMILES string of the molecule is C=C1CC2C[C@@H](C1)C2(C)C. The third-order valence-electron chi connectivity index (χ3n) is 3.74. The Labute approximate surface area is 63.3 Å². The molecule has 10 heavy (non-hydrogen) atoms. The van der Waals surface area contributed by atoms with Crippen LogP contribution in [0.25, 0.3) is 0 Å². The second-order valence-corrected chi connectivity index (χ2v) is 4.61. The molecule has 3 rings (SSSR count). The van der Waals surface area contributed by atoms with Crippen molar-refractivity contribution in [2.75, 3.05) is 0 Å². The molecule has 2 bridgehead atoms. The largest absolute Gasteiger partial charge is 0.0998 e. The van der Waals surface area contributed by atoms with Crippen LogP contribution < -0.4 is 0 Å². The number of allylic oxidation sites excluding steroid dienone is 1. The van der Waals surface area contributed by atoms with E-state index in [1.165, 1.54) is 24.8 Å². The highest BCUT2D eigenvalue weighted by Crippen LogP contribution is 2.60. The predicted octanol–water partition coefficient (Wildman–Crippen LogP) is 3.00. The van der Waals surface area contributed by atoms with Gasteiger partial charge in [-0.05, 0) is 36.5 Å². The molecule has 0 aromatic rings. The lowest BCUT2D eigenvalue weighted by atomic mass is 9.48. The summed E-state index contributed by atoms with van der Waals surface area (Å²) in [6.45, 7) is 8.89. The highest BCUT2D eigenvalue weighted by atomic mass is 14.5. The van der Waals surface area contributed by atoms with Gasteiger partial charge >= 0.3 is 0 Å². The first-order valence-corrected chi connectivity index (χ1v) is 4.27. The fraction of sp³-hybridized carbons (Fsp3) is 0.800. The van der Waals surface area contributed by atoms with Crippen molar-refractivity contribution >= 4 is 0 Å². The van der Waals surface area contributed by atoms with E-state index in [1.807, 2.05) is 0 Å². The lowest BCUT2D eigenvalue weighted by Gasteiger charge is -2.57. The molecule has 0 N–H and O–H groups in total. The van der Waals surface area contributed by atoms with Gasteiger partial charge in [-0.1, -0.05) is 26.0 Å². The first-order chi connectivity index (χ1) is 4.60. The maximum atomic E-state index is 4.06. The molecule has 0 heteroatoms. The molecule has 3 fully saturated rings. The van der Waals surface area contributed by atoms with Gasteiger partial charge in [0, 0.05) is 0 Å². The average Bonchev–Trinajstić information content (AvgIpc) is 1.87. The van der Waals surface area contributed by atoms with Gasteiger partial charge in [0.1, 0.15) is 0 Å². The molecular formula is C10H16. The topological polar surface area (TPSA) is 0 Å². The first kappa shape index (κ1) is 6.45. The number of rotatable bonds is 0. The summed E-state index contributed by atoms with van der Waals surface area (Å²) in [4.78, 5) is 0. The quantitative estimate of drug-likeness (QED) is 0.449. The van der Waals surface area contributed by atoms with Crippen LogP contribution in [-0.2, 0) is 0 Å². The predicted molar refractivity (Wildman–Crippen MR) is 43.8 cm³/mol. The van der Waals surface area contributed by atoms with Crippen LogP contribution in [0.4, 0.5) is 0 Å². The molecule has 0 aromatic carbocycles. The van der Waals surface area contributed by atoms with Crippen LogP contribution >= 0.6 is 0 Å². The van der Waals surface area contributed by atoms with Gasteiger partial charge in [-0.3, -0.25) is 0 Å². The maximum Gasteiger partial charge on any atom is -0.0289 e. The number of fused-ring (bicyclic) bond motifs is 2. The Bertz CT molecular complexity index is 160. The van der Waals surface area contributed by atoms with E-state index >= 15 is 0 Å². The van der Waals surface area contributed by atoms with Gasteiger partial charge in [-0.25, -0.2) is 0 Å². The minimum atomic E-state index is 0.654. The molecule has 56 valence electrons. The summed E-state index contributed by atoms with van der Waals surface area (Å²) in [5.74, 6) is 1.94. The van der Waals surface area contributed by atoms with Gasteiger partial charge in [0.05, 0.1) is 0 Å². The van der Waals surface area contributed by atoms with Crippen LogP contribution in [0.1, 0.15) is 33.1 Å². The molecule has 2 atom stereocenters. The van der Waals surface area contributed by atoms with Gasteiger partial charge in [-0.15, -0.1) is 0 Å². The first-order valence-electron chi connectivity index (χ1n) is 4.27. The van der Waals surface area contributed by atoms with Gasteiger partial charge in [0.2, 0.25) is 0 Å². The van der Waals surface area contributed by atoms with E-state index < -0.39 is 0 Å². The van der Waals surface area contributed by atoms with E-state index in [0.717, 1.165) is 11.8 Å². The van der Waals surface area contributed by atoms with E-state index in [9.17, 15) is 0 Å². The number of hydrogen-bond donors (Lipinski definition) is 0. The lowest BCUT2D eigenvalue weighted by molar-refractivity contribution is -0.0426. The second-order valence-electron chi connectivity index (χ2n) is 4.61. The second kappa shape index (κ2) is 1.66. The van der Waals surface area contributed by atoms with Crippen molar-refractivity contribution in [1.82, 2.24) is 0 Å². The summed E-state index contributed by atoms with van der Waals surface area (Å²) in [7, 11) is 0. The Balaban J connectivity index is 2.17. The molecule has 0 saturated heterocycles. The van der Waals surface area contributed by atoms with E-state index in [1.54, 1.807) is 0 Å². The zero-order valence-electron chi connectivity index (χ0n) is 6.98. The molecule has 0 radical (unpaired) electrons. The van der Waals surface area contributed by atoms with E-state index in [0.29, 0.717) is 5.41 Å². The standard InChI is InChI=1S/C10H16/c1-7-4-8-6-9(5-7)10(8,2)3/h8-9H,1,4-6H2,2-3H3/t8-,9?/m1/s1. The minimum absolute atomic E-state index is 0.654. The molecule has 1 unspecified atom stereocenters. The lowest BCUT2D eigenvalue weighted by Crippen LogP contribution is -2.48. The van der Waals surface area contributed by atoms with Gasteiger partial charge in [-0.2, -0.15) is 0 Å². The summed E-state index contributed by atoms with van der Waals surface area (Å²) in [6.07, 6.45) is 4.10. The zero-order valence-corrected chi connectivity index (χ0v) is 6.98. The smallest absolute Gasteiger partial charge is 0.0289 e. The highest BCUT2D eigenvalue weighted by Gasteiger charge is 2.50. The average molecular weight is 136 g/mol. The highest BCUT2D eigenvalue weighted by molar-refractivity contribution is 5.14. The molecule has 0 aliphatic heterocycles. The van der Waals surface area contributed by atoms with E-state index in [2.05, 4.69) is 20.4 Å². The van der Waals surface area contributed by atoms with Gasteiger partial charge in [0.25, 0.3) is 0 Å². The molecule has 0 heterocycles. The summed E-state index contributed by atoms with van der Waals surface area (Å²) in [6, 6.07) is 0. The van der Waals surface area contributed by atoms with E-state index in [4.69, 9.17) is 0 Å². The molecule has 0 nitrogen and oxygen atoms in total. The zero-order chi connectivity index (χ0) is 7.35. The summed E-state index contributed by atoms with van der Waals surface area (Å²) < 4.78 is 0. The van der Waals surface area contributed by atoms with Crippen molar-refractivity contribution in [3.8, 4) is 0 Å². The van der Waals surface area contributed by atoms with Crippen molar-refractivity contribution in [3.63, 3.8) is 0 Å². The molecule has 3 saturated carbocycles. The van der Waals surface area contributed by atoms with Crippen molar-refractivity contribution in [3.05, 3.63) is 12.2 Å². The van der Waals surface area contributed by atoms with Crippen molar-refractivity contribution < 1.29 is 0 Å². The summed E-state index contributed by atoms with van der Waals surface area (Å²) >= 11 is 0. The van der Waals surface area contributed by atoms with Crippen molar-refractivity contribution in [2.24, 2.45) is 17.3 Å². The van der Waals surface area contributed by atoms with Crippen LogP contribution in [0, 0.1) is 17.3 Å². The minimum Gasteiger partial charge on any atom is -0.0998 e. The van der Waals surface area contributed by atoms with Crippen LogP contribution in [0.3, 0.4) is 0 Å². The Kier molecular flexibility index (Phi) is 1.07. The number of hydrogen-bond acceptors (Lipinski definition) is 0. The Hall–Kier alpha value is -0.260. The van der Waals surface area contributed by atoms with Gasteiger partial charge in [0.15, 0.2) is 0 Å². The molecule has 0 amide bonds. The Morgan fingerprint density at radius 3 is 2.10 bits per heavy atom. The molecule has 0 aromatic heterocycles. The van der Waals surface area contributed by atoms with Crippen LogP contribution in [0.15, 0.2) is 12.2 Å². The Morgan fingerprint density at radius 2 is 1.80 bits per heavy atom. The maximum absolute atomic E-state index is 4.06. The monoisotopic (exact) mass is 136 g/mol. The molecule has 3 aliphatic rings. The normalized spacial score (nSPS) is 42.8. The van der Waals surface area contributed by atoms with Crippen molar-refractivity contribution in [2.45, 2.75) is 33.1 Å². The molecule has 0 spiro atoms.